The molecule has 3 aromatic rings. The van der Waals surface area contributed by atoms with Gasteiger partial charge < -0.3 is 4.90 Å². The lowest BCUT2D eigenvalue weighted by atomic mass is 10.0. The molecule has 0 aliphatic carbocycles. The van der Waals surface area contributed by atoms with Crippen molar-refractivity contribution in [3.63, 3.8) is 0 Å². The summed E-state index contributed by atoms with van der Waals surface area (Å²) in [6.45, 7) is 4.76. The Morgan fingerprint density at radius 2 is 1.76 bits per heavy atom. The molecule has 0 saturated carbocycles. The van der Waals surface area contributed by atoms with E-state index in [2.05, 4.69) is 14.9 Å². The Balaban J connectivity index is 1.23. The van der Waals surface area contributed by atoms with Gasteiger partial charge in [-0.25, -0.2) is 13.4 Å². The van der Waals surface area contributed by atoms with Crippen molar-refractivity contribution in [3.8, 4) is 0 Å². The first kappa shape index (κ1) is 26.1. The fourth-order valence-electron chi connectivity index (χ4n) is 5.30. The maximum Gasteiger partial charge on any atom is 0.417 e. The Hall–Kier alpha value is -2.47. The van der Waals surface area contributed by atoms with Crippen LogP contribution in [0.15, 0.2) is 53.7 Å². The molecule has 12 heteroatoms. The molecule has 2 aliphatic heterocycles. The molecule has 2 aliphatic rings. The minimum Gasteiger partial charge on any atom is -0.350 e. The molecule has 0 bridgehead atoms. The zero-order valence-corrected chi connectivity index (χ0v) is 21.8. The van der Waals surface area contributed by atoms with Crippen molar-refractivity contribution < 1.29 is 21.6 Å². The second kappa shape index (κ2) is 10.0. The summed E-state index contributed by atoms with van der Waals surface area (Å²) in [7, 11) is -3.68. The number of pyridine rings is 2. The molecule has 7 nitrogen and oxygen atoms in total. The molecule has 37 heavy (non-hydrogen) atoms. The topological polar surface area (TPSA) is 69.6 Å². The molecule has 4 heterocycles. The zero-order valence-electron chi connectivity index (χ0n) is 20.2. The van der Waals surface area contributed by atoms with Crippen molar-refractivity contribution in [1.82, 2.24) is 19.2 Å². The first-order valence-corrected chi connectivity index (χ1v) is 13.9. The lowest BCUT2D eigenvalue weighted by Gasteiger charge is -2.46. The second-order valence-electron chi connectivity index (χ2n) is 9.53. The summed E-state index contributed by atoms with van der Waals surface area (Å²) < 4.78 is 67.3. The molecule has 5 rings (SSSR count). The minimum atomic E-state index is -4.49. The molecule has 1 unspecified atom stereocenters. The largest absolute Gasteiger partial charge is 0.417 e. The number of benzene rings is 1. The number of sulfonamides is 1. The van der Waals surface area contributed by atoms with Crippen LogP contribution in [-0.4, -0.2) is 72.4 Å². The van der Waals surface area contributed by atoms with Crippen molar-refractivity contribution in [3.05, 3.63) is 59.4 Å². The third kappa shape index (κ3) is 5.14. The number of aromatic nitrogens is 2. The van der Waals surface area contributed by atoms with Gasteiger partial charge >= 0.3 is 6.18 Å². The number of para-hydroxylation sites is 1. The average Bonchev–Trinajstić information content (AvgIpc) is 2.88. The number of alkyl halides is 3. The number of nitrogens with zero attached hydrogens (tertiary/aromatic N) is 5. The van der Waals surface area contributed by atoms with Crippen LogP contribution in [0.1, 0.15) is 25.3 Å². The van der Waals surface area contributed by atoms with Gasteiger partial charge in [0.15, 0.2) is 0 Å². The maximum absolute atomic E-state index is 13.4. The molecule has 1 aromatic carbocycles. The number of halogens is 4. The van der Waals surface area contributed by atoms with Gasteiger partial charge in [-0.1, -0.05) is 29.8 Å². The molecule has 2 fully saturated rings. The Labute approximate surface area is 218 Å². The number of fused-ring (bicyclic) bond motifs is 1. The van der Waals surface area contributed by atoms with Gasteiger partial charge in [0.2, 0.25) is 10.0 Å². The maximum atomic E-state index is 13.4. The van der Waals surface area contributed by atoms with Crippen LogP contribution in [0, 0.1) is 0 Å². The molecule has 2 saturated heterocycles. The molecule has 0 spiro atoms. The summed E-state index contributed by atoms with van der Waals surface area (Å²) in [4.78, 5) is 12.8. The van der Waals surface area contributed by atoms with E-state index in [1.807, 2.05) is 24.0 Å². The van der Waals surface area contributed by atoms with E-state index in [0.717, 1.165) is 17.6 Å². The lowest BCUT2D eigenvalue weighted by molar-refractivity contribution is -0.137. The van der Waals surface area contributed by atoms with Gasteiger partial charge in [0, 0.05) is 62.6 Å². The molecule has 0 radical (unpaired) electrons. The van der Waals surface area contributed by atoms with Crippen molar-refractivity contribution in [2.24, 2.45) is 0 Å². The van der Waals surface area contributed by atoms with Gasteiger partial charge in [-0.2, -0.15) is 17.5 Å². The number of piperazine rings is 1. The first-order valence-electron chi connectivity index (χ1n) is 12.1. The van der Waals surface area contributed by atoms with Crippen molar-refractivity contribution in [2.75, 3.05) is 37.6 Å². The Morgan fingerprint density at radius 3 is 2.43 bits per heavy atom. The standard InChI is InChI=1S/C25H27ClF3N5O2S/c1-17-16-32(12-13-34(17)24-21(26)14-19(15-31-24)25(27,28)29)20-7-10-33(11-8-20)37(35,36)22-6-2-4-18-5-3-9-30-23(18)22/h2-6,9,14-15,17,20H,7-8,10-13,16H2,1H3. The number of hydrogen-bond donors (Lipinski definition) is 0. The quantitative estimate of drug-likeness (QED) is 0.468. The van der Waals surface area contributed by atoms with E-state index in [1.165, 1.54) is 0 Å². The van der Waals surface area contributed by atoms with Gasteiger partial charge in [0.05, 0.1) is 16.1 Å². The van der Waals surface area contributed by atoms with E-state index in [4.69, 9.17) is 11.6 Å². The normalized spacial score (nSPS) is 21.0. The summed E-state index contributed by atoms with van der Waals surface area (Å²) in [6.07, 6.45) is -0.678. The van der Waals surface area contributed by atoms with E-state index < -0.39 is 21.8 Å². The van der Waals surface area contributed by atoms with Crippen LogP contribution in [0.2, 0.25) is 5.02 Å². The highest BCUT2D eigenvalue weighted by Crippen LogP contribution is 2.35. The molecular formula is C25H27ClF3N5O2S. The lowest BCUT2D eigenvalue weighted by Crippen LogP contribution is -2.57. The van der Waals surface area contributed by atoms with E-state index in [-0.39, 0.29) is 22.0 Å². The van der Waals surface area contributed by atoms with Gasteiger partial charge in [-0.3, -0.25) is 9.88 Å². The smallest absolute Gasteiger partial charge is 0.350 e. The van der Waals surface area contributed by atoms with Gasteiger partial charge in [0.1, 0.15) is 10.7 Å². The van der Waals surface area contributed by atoms with Crippen molar-refractivity contribution >= 4 is 38.3 Å². The van der Waals surface area contributed by atoms with Crippen LogP contribution < -0.4 is 4.90 Å². The van der Waals surface area contributed by atoms with E-state index in [9.17, 15) is 21.6 Å². The number of rotatable bonds is 4. The van der Waals surface area contributed by atoms with Crippen LogP contribution in [0.4, 0.5) is 19.0 Å². The molecule has 0 N–H and O–H groups in total. The molecule has 2 aromatic heterocycles. The third-order valence-corrected chi connectivity index (χ3v) is 9.44. The summed E-state index contributed by atoms with van der Waals surface area (Å²) >= 11 is 6.18. The Kier molecular flexibility index (Phi) is 7.08. The van der Waals surface area contributed by atoms with Crippen LogP contribution in [-0.2, 0) is 16.2 Å². The molecule has 198 valence electrons. The minimum absolute atomic E-state index is 0.0148. The van der Waals surface area contributed by atoms with Crippen LogP contribution in [0.25, 0.3) is 10.9 Å². The molecule has 0 amide bonds. The molecule has 1 atom stereocenters. The fourth-order valence-corrected chi connectivity index (χ4v) is 7.21. The zero-order chi connectivity index (χ0) is 26.4. The Morgan fingerprint density at radius 1 is 1.03 bits per heavy atom. The predicted molar refractivity (Wildman–Crippen MR) is 136 cm³/mol. The highest BCUT2D eigenvalue weighted by molar-refractivity contribution is 7.89. The monoisotopic (exact) mass is 553 g/mol. The van der Waals surface area contributed by atoms with E-state index in [0.29, 0.717) is 56.9 Å². The van der Waals surface area contributed by atoms with E-state index in [1.54, 1.807) is 28.7 Å². The van der Waals surface area contributed by atoms with Crippen molar-refractivity contribution in [2.45, 2.75) is 42.9 Å². The number of hydrogen-bond acceptors (Lipinski definition) is 6. The molecular weight excluding hydrogens is 527 g/mol. The highest BCUT2D eigenvalue weighted by Gasteiger charge is 2.36. The summed E-state index contributed by atoms with van der Waals surface area (Å²) in [5, 5.41) is 0.768. The van der Waals surface area contributed by atoms with Crippen LogP contribution in [0.5, 0.6) is 0 Å². The van der Waals surface area contributed by atoms with Gasteiger partial charge in [0.25, 0.3) is 0 Å². The van der Waals surface area contributed by atoms with Crippen LogP contribution >= 0.6 is 11.6 Å². The second-order valence-corrected chi connectivity index (χ2v) is 11.8. The summed E-state index contributed by atoms with van der Waals surface area (Å²) in [5.41, 5.74) is -0.388. The van der Waals surface area contributed by atoms with E-state index >= 15 is 0 Å². The predicted octanol–water partition coefficient (Wildman–Crippen LogP) is 4.67. The number of anilines is 1. The van der Waals surface area contributed by atoms with Gasteiger partial charge in [-0.15, -0.1) is 0 Å². The SMILES string of the molecule is CC1CN(C2CCN(S(=O)(=O)c3cccc4cccnc34)CC2)CCN1c1ncc(C(F)(F)F)cc1Cl. The Bertz CT molecular complexity index is 1390. The summed E-state index contributed by atoms with van der Waals surface area (Å²) in [6, 6.07) is 9.96. The van der Waals surface area contributed by atoms with Crippen molar-refractivity contribution in [1.29, 1.82) is 0 Å². The first-order chi connectivity index (χ1) is 17.6. The summed E-state index contributed by atoms with van der Waals surface area (Å²) in [5.74, 6) is 0.353. The highest BCUT2D eigenvalue weighted by atomic mass is 35.5. The number of piperidine rings is 1. The van der Waals surface area contributed by atoms with Crippen LogP contribution in [0.3, 0.4) is 0 Å². The average molecular weight is 554 g/mol. The van der Waals surface area contributed by atoms with Gasteiger partial charge in [-0.05, 0) is 38.0 Å². The third-order valence-electron chi connectivity index (χ3n) is 7.23. The fraction of sp³-hybridized carbons (Fsp3) is 0.440.